The molecule has 0 aliphatic carbocycles. The fraction of sp³-hybridized carbons (Fsp3) is 0.625. The Bertz CT molecular complexity index is 564. The normalized spacial score (nSPS) is 18.8. The maximum absolute atomic E-state index is 12.7. The fourth-order valence-electron chi connectivity index (χ4n) is 2.82. The maximum atomic E-state index is 12.7. The zero-order valence-corrected chi connectivity index (χ0v) is 13.8. The summed E-state index contributed by atoms with van der Waals surface area (Å²) in [5.74, 6) is -0.389. The summed E-state index contributed by atoms with van der Waals surface area (Å²) in [6.07, 6.45) is -0.224. The maximum Gasteiger partial charge on any atom is 0.422 e. The van der Waals surface area contributed by atoms with Crippen LogP contribution in [-0.2, 0) is 0 Å². The minimum Gasteiger partial charge on any atom is -0.468 e. The highest BCUT2D eigenvalue weighted by molar-refractivity contribution is 5.94. The lowest BCUT2D eigenvalue weighted by Crippen LogP contribution is -2.48. The Morgan fingerprint density at radius 3 is 2.83 bits per heavy atom. The van der Waals surface area contributed by atoms with Gasteiger partial charge in [0.1, 0.15) is 0 Å². The van der Waals surface area contributed by atoms with Gasteiger partial charge in [-0.15, -0.1) is 0 Å². The third-order valence-corrected chi connectivity index (χ3v) is 3.83. The summed E-state index contributed by atoms with van der Waals surface area (Å²) in [6.45, 7) is -0.0166. The summed E-state index contributed by atoms with van der Waals surface area (Å²) in [4.78, 5) is 20.3. The van der Waals surface area contributed by atoms with Gasteiger partial charge >= 0.3 is 6.18 Å². The molecule has 0 radical (unpaired) electrons. The number of likely N-dealkylation sites (tertiary alicyclic amines) is 1. The van der Waals surface area contributed by atoms with Crippen LogP contribution in [0.25, 0.3) is 0 Å². The number of hydrogen-bond acceptors (Lipinski definition) is 4. The van der Waals surface area contributed by atoms with Crippen LogP contribution < -0.4 is 4.74 Å². The van der Waals surface area contributed by atoms with E-state index < -0.39 is 12.8 Å². The summed E-state index contributed by atoms with van der Waals surface area (Å²) in [5.41, 5.74) is 0.299. The number of carbonyl (C=O) groups is 1. The monoisotopic (exact) mass is 345 g/mol. The SMILES string of the molecule is CN(C)C[C@@H]1CCCCN1C(=O)c1ccnc(OCC(F)(F)F)c1. The Morgan fingerprint density at radius 1 is 1.42 bits per heavy atom. The number of pyridine rings is 1. The number of halogens is 3. The van der Waals surface area contributed by atoms with Crippen LogP contribution in [0.4, 0.5) is 13.2 Å². The Labute approximate surface area is 139 Å². The Hall–Kier alpha value is -1.83. The Kier molecular flexibility index (Phi) is 6.04. The first kappa shape index (κ1) is 18.5. The van der Waals surface area contributed by atoms with Crippen molar-refractivity contribution in [2.45, 2.75) is 31.5 Å². The van der Waals surface area contributed by atoms with E-state index in [0.29, 0.717) is 12.1 Å². The summed E-state index contributed by atoms with van der Waals surface area (Å²) in [6, 6.07) is 2.88. The summed E-state index contributed by atoms with van der Waals surface area (Å²) in [7, 11) is 3.90. The van der Waals surface area contributed by atoms with E-state index in [1.807, 2.05) is 19.0 Å². The minimum atomic E-state index is -4.44. The van der Waals surface area contributed by atoms with Crippen molar-refractivity contribution in [2.24, 2.45) is 0 Å². The molecule has 2 heterocycles. The van der Waals surface area contributed by atoms with E-state index in [0.717, 1.165) is 25.8 Å². The van der Waals surface area contributed by atoms with Crippen molar-refractivity contribution in [2.75, 3.05) is 33.8 Å². The molecule has 8 heteroatoms. The molecule has 5 nitrogen and oxygen atoms in total. The highest BCUT2D eigenvalue weighted by Crippen LogP contribution is 2.22. The lowest BCUT2D eigenvalue weighted by molar-refractivity contribution is -0.154. The average Bonchev–Trinajstić information content (AvgIpc) is 2.52. The molecule has 1 aromatic heterocycles. The molecule has 2 rings (SSSR count). The van der Waals surface area contributed by atoms with Crippen molar-refractivity contribution in [3.8, 4) is 5.88 Å². The van der Waals surface area contributed by atoms with E-state index in [9.17, 15) is 18.0 Å². The molecule has 1 aliphatic rings. The molecule has 1 aliphatic heterocycles. The molecular weight excluding hydrogens is 323 g/mol. The number of piperidine rings is 1. The second kappa shape index (κ2) is 7.83. The summed E-state index contributed by atoms with van der Waals surface area (Å²) in [5, 5.41) is 0. The van der Waals surface area contributed by atoms with Crippen LogP contribution in [0, 0.1) is 0 Å². The lowest BCUT2D eigenvalue weighted by Gasteiger charge is -2.37. The predicted molar refractivity (Wildman–Crippen MR) is 83.0 cm³/mol. The van der Waals surface area contributed by atoms with Gasteiger partial charge in [-0.1, -0.05) is 0 Å². The molecular formula is C16H22F3N3O2. The second-order valence-corrected chi connectivity index (χ2v) is 6.20. The Morgan fingerprint density at radius 2 is 2.17 bits per heavy atom. The number of amides is 1. The molecule has 1 aromatic rings. The van der Waals surface area contributed by atoms with Gasteiger partial charge in [-0.2, -0.15) is 13.2 Å². The number of alkyl halides is 3. The number of carbonyl (C=O) groups excluding carboxylic acids is 1. The van der Waals surface area contributed by atoms with E-state index in [-0.39, 0.29) is 17.8 Å². The van der Waals surface area contributed by atoms with E-state index >= 15 is 0 Å². The lowest BCUT2D eigenvalue weighted by atomic mass is 10.0. The van der Waals surface area contributed by atoms with E-state index in [1.165, 1.54) is 18.3 Å². The minimum absolute atomic E-state index is 0.106. The molecule has 134 valence electrons. The number of hydrogen-bond donors (Lipinski definition) is 0. The molecule has 1 fully saturated rings. The number of ether oxygens (including phenoxy) is 1. The number of nitrogens with zero attached hydrogens (tertiary/aromatic N) is 3. The van der Waals surface area contributed by atoms with Gasteiger partial charge < -0.3 is 14.5 Å². The molecule has 0 N–H and O–H groups in total. The first-order valence-electron chi connectivity index (χ1n) is 7.87. The van der Waals surface area contributed by atoms with Crippen molar-refractivity contribution in [3.05, 3.63) is 23.9 Å². The van der Waals surface area contributed by atoms with Gasteiger partial charge in [-0.3, -0.25) is 4.79 Å². The first-order valence-corrected chi connectivity index (χ1v) is 7.87. The van der Waals surface area contributed by atoms with Gasteiger partial charge in [0.25, 0.3) is 5.91 Å². The van der Waals surface area contributed by atoms with E-state index in [1.54, 1.807) is 4.90 Å². The highest BCUT2D eigenvalue weighted by Gasteiger charge is 2.30. The molecule has 1 amide bonds. The molecule has 0 unspecified atom stereocenters. The van der Waals surface area contributed by atoms with Crippen LogP contribution in [0.5, 0.6) is 5.88 Å². The molecule has 1 saturated heterocycles. The summed E-state index contributed by atoms with van der Waals surface area (Å²) >= 11 is 0. The van der Waals surface area contributed by atoms with E-state index in [2.05, 4.69) is 9.72 Å². The van der Waals surface area contributed by atoms with E-state index in [4.69, 9.17) is 0 Å². The zero-order valence-electron chi connectivity index (χ0n) is 13.8. The van der Waals surface area contributed by atoms with Crippen LogP contribution in [0.1, 0.15) is 29.6 Å². The molecule has 24 heavy (non-hydrogen) atoms. The van der Waals surface area contributed by atoms with Crippen molar-refractivity contribution in [1.29, 1.82) is 0 Å². The van der Waals surface area contributed by atoms with Gasteiger partial charge in [-0.05, 0) is 39.4 Å². The average molecular weight is 345 g/mol. The van der Waals surface area contributed by atoms with Crippen LogP contribution in [0.15, 0.2) is 18.3 Å². The number of aromatic nitrogens is 1. The standard InChI is InChI=1S/C16H22F3N3O2/c1-21(2)10-13-5-3-4-8-22(13)15(23)12-6-7-20-14(9-12)24-11-16(17,18)19/h6-7,9,13H,3-5,8,10-11H2,1-2H3/t13-/m0/s1. The van der Waals surface area contributed by atoms with Crippen LogP contribution in [0.3, 0.4) is 0 Å². The first-order chi connectivity index (χ1) is 11.3. The predicted octanol–water partition coefficient (Wildman–Crippen LogP) is 2.58. The van der Waals surface area contributed by atoms with Crippen LogP contribution in [-0.4, -0.2) is 66.7 Å². The highest BCUT2D eigenvalue weighted by atomic mass is 19.4. The third kappa shape index (κ3) is 5.36. The summed E-state index contributed by atoms with van der Waals surface area (Å²) < 4.78 is 41.3. The quantitative estimate of drug-likeness (QED) is 0.823. The van der Waals surface area contributed by atoms with Crippen molar-refractivity contribution < 1.29 is 22.7 Å². The smallest absolute Gasteiger partial charge is 0.422 e. The molecule has 0 aromatic carbocycles. The van der Waals surface area contributed by atoms with Gasteiger partial charge in [0.05, 0.1) is 0 Å². The van der Waals surface area contributed by atoms with Gasteiger partial charge in [0, 0.05) is 37.0 Å². The van der Waals surface area contributed by atoms with Crippen LogP contribution in [0.2, 0.25) is 0 Å². The topological polar surface area (TPSA) is 45.7 Å². The van der Waals surface area contributed by atoms with Gasteiger partial charge in [0.15, 0.2) is 6.61 Å². The van der Waals surface area contributed by atoms with Crippen molar-refractivity contribution >= 4 is 5.91 Å². The second-order valence-electron chi connectivity index (χ2n) is 6.20. The fourth-order valence-corrected chi connectivity index (χ4v) is 2.82. The van der Waals surface area contributed by atoms with Crippen LogP contribution >= 0.6 is 0 Å². The largest absolute Gasteiger partial charge is 0.468 e. The number of likely N-dealkylation sites (N-methyl/N-ethyl adjacent to an activating group) is 1. The molecule has 1 atom stereocenters. The molecule has 0 bridgehead atoms. The molecule has 0 spiro atoms. The van der Waals surface area contributed by atoms with Crippen molar-refractivity contribution in [3.63, 3.8) is 0 Å². The van der Waals surface area contributed by atoms with Gasteiger partial charge in [-0.25, -0.2) is 4.98 Å². The molecule has 0 saturated carbocycles. The third-order valence-electron chi connectivity index (χ3n) is 3.83. The van der Waals surface area contributed by atoms with Crippen molar-refractivity contribution in [1.82, 2.24) is 14.8 Å². The Balaban J connectivity index is 2.10. The number of rotatable bonds is 5. The van der Waals surface area contributed by atoms with Gasteiger partial charge in [0.2, 0.25) is 5.88 Å². The zero-order chi connectivity index (χ0) is 17.7.